The molecule has 0 saturated carbocycles. The van der Waals surface area contributed by atoms with Crippen LogP contribution in [0.25, 0.3) is 6.08 Å². The van der Waals surface area contributed by atoms with Crippen LogP contribution in [0.1, 0.15) is 30.8 Å². The largest absolute Gasteiger partial charge is 0.347 e. The molecule has 0 aromatic carbocycles. The van der Waals surface area contributed by atoms with Crippen molar-refractivity contribution < 1.29 is 4.79 Å². The molecule has 0 spiro atoms. The van der Waals surface area contributed by atoms with Crippen LogP contribution in [0, 0.1) is 0 Å². The van der Waals surface area contributed by atoms with Gasteiger partial charge in [-0.25, -0.2) is 4.98 Å². The van der Waals surface area contributed by atoms with Crippen molar-refractivity contribution >= 4 is 12.0 Å². The number of carbonyl (C=O) groups is 1. The first-order chi connectivity index (χ1) is 9.19. The van der Waals surface area contributed by atoms with Crippen LogP contribution >= 0.6 is 0 Å². The van der Waals surface area contributed by atoms with E-state index >= 15 is 0 Å². The Morgan fingerprint density at radius 1 is 1.63 bits per heavy atom. The maximum absolute atomic E-state index is 11.8. The summed E-state index contributed by atoms with van der Waals surface area (Å²) >= 11 is 0. The molecule has 0 aliphatic rings. The summed E-state index contributed by atoms with van der Waals surface area (Å²) in [4.78, 5) is 19.0. The van der Waals surface area contributed by atoms with Crippen molar-refractivity contribution in [1.82, 2.24) is 25.1 Å². The molecule has 1 atom stereocenters. The number of hydrogen-bond acceptors (Lipinski definition) is 3. The van der Waals surface area contributed by atoms with Crippen LogP contribution in [-0.4, -0.2) is 25.7 Å². The molecule has 0 aliphatic heterocycles. The van der Waals surface area contributed by atoms with Gasteiger partial charge in [-0.2, -0.15) is 5.10 Å². The predicted molar refractivity (Wildman–Crippen MR) is 72.0 cm³/mol. The quantitative estimate of drug-likeness (QED) is 0.797. The summed E-state index contributed by atoms with van der Waals surface area (Å²) in [5.41, 5.74) is 0.892. The third-order valence-corrected chi connectivity index (χ3v) is 2.73. The van der Waals surface area contributed by atoms with E-state index in [1.165, 1.54) is 6.08 Å². The zero-order valence-corrected chi connectivity index (χ0v) is 11.0. The van der Waals surface area contributed by atoms with Gasteiger partial charge in [-0.15, -0.1) is 0 Å². The Kier molecular flexibility index (Phi) is 4.12. The molecule has 0 saturated heterocycles. The Morgan fingerprint density at radius 3 is 3.05 bits per heavy atom. The highest BCUT2D eigenvalue weighted by Crippen LogP contribution is 2.11. The molecule has 0 fully saturated rings. The van der Waals surface area contributed by atoms with Crippen LogP contribution in [0.3, 0.4) is 0 Å². The van der Waals surface area contributed by atoms with Crippen molar-refractivity contribution in [1.29, 1.82) is 0 Å². The van der Waals surface area contributed by atoms with Crippen LogP contribution in [0.4, 0.5) is 0 Å². The molecule has 0 radical (unpaired) electrons. The number of amides is 1. The molecule has 6 heteroatoms. The van der Waals surface area contributed by atoms with Crippen molar-refractivity contribution in [2.24, 2.45) is 7.05 Å². The maximum atomic E-state index is 11.8. The van der Waals surface area contributed by atoms with Crippen LogP contribution in [0.5, 0.6) is 0 Å². The minimum absolute atomic E-state index is 0.0963. The first-order valence-electron chi connectivity index (χ1n) is 6.15. The number of nitrogens with zero attached hydrogens (tertiary/aromatic N) is 3. The molecule has 2 heterocycles. The van der Waals surface area contributed by atoms with E-state index in [-0.39, 0.29) is 11.9 Å². The highest BCUT2D eigenvalue weighted by Gasteiger charge is 2.12. The fourth-order valence-electron chi connectivity index (χ4n) is 1.75. The number of aryl methyl sites for hydroxylation is 1. The highest BCUT2D eigenvalue weighted by atomic mass is 16.1. The minimum Gasteiger partial charge on any atom is -0.347 e. The van der Waals surface area contributed by atoms with Crippen molar-refractivity contribution in [3.63, 3.8) is 0 Å². The molecule has 0 aliphatic carbocycles. The molecule has 6 nitrogen and oxygen atoms in total. The number of rotatable bonds is 5. The normalized spacial score (nSPS) is 12.7. The van der Waals surface area contributed by atoms with E-state index in [1.54, 1.807) is 29.3 Å². The monoisotopic (exact) mass is 259 g/mol. The fraction of sp³-hybridized carbons (Fsp3) is 0.308. The van der Waals surface area contributed by atoms with Crippen molar-refractivity contribution in [3.8, 4) is 0 Å². The zero-order valence-electron chi connectivity index (χ0n) is 11.0. The van der Waals surface area contributed by atoms with Crippen molar-refractivity contribution in [2.45, 2.75) is 19.4 Å². The number of imidazole rings is 1. The minimum atomic E-state index is -0.146. The highest BCUT2D eigenvalue weighted by molar-refractivity contribution is 5.91. The summed E-state index contributed by atoms with van der Waals surface area (Å²) in [7, 11) is 1.83. The van der Waals surface area contributed by atoms with Crippen LogP contribution in [0.2, 0.25) is 0 Å². The third-order valence-electron chi connectivity index (χ3n) is 2.73. The van der Waals surface area contributed by atoms with Crippen molar-refractivity contribution in [3.05, 3.63) is 42.3 Å². The van der Waals surface area contributed by atoms with E-state index in [0.717, 1.165) is 17.8 Å². The summed E-state index contributed by atoms with van der Waals surface area (Å²) in [6.45, 7) is 2.00. The van der Waals surface area contributed by atoms with Gasteiger partial charge in [0.1, 0.15) is 5.82 Å². The molecular formula is C13H17N5O. The number of aromatic amines is 1. The lowest BCUT2D eigenvalue weighted by Gasteiger charge is -2.12. The number of H-pyrrole nitrogens is 1. The summed E-state index contributed by atoms with van der Waals surface area (Å²) in [5.74, 6) is 0.623. The molecule has 100 valence electrons. The Balaban J connectivity index is 1.95. The predicted octanol–water partition coefficient (Wildman–Crippen LogP) is 1.42. The van der Waals surface area contributed by atoms with E-state index in [2.05, 4.69) is 20.4 Å². The Morgan fingerprint density at radius 2 is 2.47 bits per heavy atom. The van der Waals surface area contributed by atoms with Gasteiger partial charge >= 0.3 is 0 Å². The topological polar surface area (TPSA) is 75.6 Å². The standard InChI is InChI=1S/C13H17N5O/c1-3-11(13-14-6-7-15-13)17-12(19)5-4-10-8-16-18(2)9-10/h4-9,11H,3H2,1-2H3,(H,14,15)(H,17,19)/b5-4+. The second-order valence-corrected chi connectivity index (χ2v) is 4.22. The van der Waals surface area contributed by atoms with Gasteiger partial charge in [-0.3, -0.25) is 9.48 Å². The lowest BCUT2D eigenvalue weighted by Crippen LogP contribution is -2.27. The third kappa shape index (κ3) is 3.54. The zero-order chi connectivity index (χ0) is 13.7. The molecule has 2 N–H and O–H groups in total. The maximum Gasteiger partial charge on any atom is 0.244 e. The average Bonchev–Trinajstić information content (AvgIpc) is 3.05. The van der Waals surface area contributed by atoms with Gasteiger partial charge in [0.2, 0.25) is 5.91 Å². The summed E-state index contributed by atoms with van der Waals surface area (Å²) < 4.78 is 1.69. The van der Waals surface area contributed by atoms with Crippen molar-refractivity contribution in [2.75, 3.05) is 0 Å². The summed E-state index contributed by atoms with van der Waals surface area (Å²) in [5, 5.41) is 6.93. The van der Waals surface area contributed by atoms with Crippen LogP contribution < -0.4 is 5.32 Å². The van der Waals surface area contributed by atoms with Gasteiger partial charge in [0, 0.05) is 37.3 Å². The summed E-state index contributed by atoms with van der Waals surface area (Å²) in [6, 6.07) is -0.0963. The first-order valence-corrected chi connectivity index (χ1v) is 6.15. The molecule has 2 rings (SSSR count). The number of aromatic nitrogens is 4. The van der Waals surface area contributed by atoms with Gasteiger partial charge in [-0.05, 0) is 12.5 Å². The second-order valence-electron chi connectivity index (χ2n) is 4.22. The van der Waals surface area contributed by atoms with Gasteiger partial charge in [0.25, 0.3) is 0 Å². The Hall–Kier alpha value is -2.37. The number of nitrogens with one attached hydrogen (secondary N) is 2. The van der Waals surface area contributed by atoms with Gasteiger partial charge in [0.05, 0.1) is 12.2 Å². The Labute approximate surface area is 111 Å². The van der Waals surface area contributed by atoms with E-state index in [4.69, 9.17) is 0 Å². The van der Waals surface area contributed by atoms with E-state index in [9.17, 15) is 4.79 Å². The molecule has 19 heavy (non-hydrogen) atoms. The summed E-state index contributed by atoms with van der Waals surface area (Å²) in [6.07, 6.45) is 11.0. The van der Waals surface area contributed by atoms with E-state index in [1.807, 2.05) is 20.2 Å². The number of carbonyl (C=O) groups excluding carboxylic acids is 1. The lowest BCUT2D eigenvalue weighted by molar-refractivity contribution is -0.117. The second kappa shape index (κ2) is 5.99. The average molecular weight is 259 g/mol. The molecular weight excluding hydrogens is 242 g/mol. The first kappa shape index (κ1) is 13.1. The molecule has 2 aromatic heterocycles. The smallest absolute Gasteiger partial charge is 0.244 e. The van der Waals surface area contributed by atoms with Gasteiger partial charge < -0.3 is 10.3 Å². The van der Waals surface area contributed by atoms with Crippen LogP contribution in [-0.2, 0) is 11.8 Å². The van der Waals surface area contributed by atoms with Gasteiger partial charge in [-0.1, -0.05) is 6.92 Å². The van der Waals surface area contributed by atoms with Crippen LogP contribution in [0.15, 0.2) is 30.9 Å². The van der Waals surface area contributed by atoms with E-state index < -0.39 is 0 Å². The number of hydrogen-bond donors (Lipinski definition) is 2. The Bertz CT molecular complexity index is 555. The SMILES string of the molecule is CCC(NC(=O)/C=C/c1cnn(C)c1)c1ncc[nH]1. The molecule has 0 bridgehead atoms. The lowest BCUT2D eigenvalue weighted by atomic mass is 10.2. The van der Waals surface area contributed by atoms with E-state index in [0.29, 0.717) is 0 Å². The fourth-order valence-corrected chi connectivity index (χ4v) is 1.75. The molecule has 1 unspecified atom stereocenters. The van der Waals surface area contributed by atoms with Gasteiger partial charge in [0.15, 0.2) is 0 Å². The molecule has 1 amide bonds. The molecule has 2 aromatic rings.